The molecular formula is C19H18Cl2N2O4. The highest BCUT2D eigenvalue weighted by molar-refractivity contribution is 6.35. The fraction of sp³-hybridized carbons (Fsp3) is 0.211. The lowest BCUT2D eigenvalue weighted by Crippen LogP contribution is -2.34. The van der Waals surface area contributed by atoms with Crippen LogP contribution in [0.3, 0.4) is 0 Å². The normalized spacial score (nSPS) is 12.3. The SMILES string of the molecule is CC(Oc1ccc(Cl)cc1Cl)C(=O)NN=C(CCC(=O)O)c1ccccc1. The van der Waals surface area contributed by atoms with Gasteiger partial charge in [-0.15, -0.1) is 0 Å². The molecule has 0 aliphatic carbocycles. The van der Waals surface area contributed by atoms with Gasteiger partial charge in [-0.25, -0.2) is 5.43 Å². The number of nitrogens with zero attached hydrogens (tertiary/aromatic N) is 1. The van der Waals surface area contributed by atoms with Gasteiger partial charge in [0.05, 0.1) is 17.2 Å². The molecule has 142 valence electrons. The van der Waals surface area contributed by atoms with Crippen molar-refractivity contribution in [2.45, 2.75) is 25.9 Å². The number of carbonyl (C=O) groups is 2. The molecule has 2 N–H and O–H groups in total. The molecule has 0 aromatic heterocycles. The molecule has 1 atom stereocenters. The zero-order valence-electron chi connectivity index (χ0n) is 14.5. The molecule has 1 amide bonds. The van der Waals surface area contributed by atoms with Crippen molar-refractivity contribution in [3.63, 3.8) is 0 Å². The van der Waals surface area contributed by atoms with Gasteiger partial charge in [-0.05, 0) is 30.7 Å². The number of hydrazone groups is 1. The van der Waals surface area contributed by atoms with Crippen molar-refractivity contribution in [3.05, 3.63) is 64.1 Å². The highest BCUT2D eigenvalue weighted by Gasteiger charge is 2.16. The van der Waals surface area contributed by atoms with Crippen LogP contribution in [0, 0.1) is 0 Å². The van der Waals surface area contributed by atoms with Gasteiger partial charge in [-0.1, -0.05) is 53.5 Å². The van der Waals surface area contributed by atoms with Crippen LogP contribution in [0.5, 0.6) is 5.75 Å². The Kier molecular flexibility index (Phi) is 7.64. The second-order valence-corrected chi connectivity index (χ2v) is 6.47. The third kappa shape index (κ3) is 6.58. The van der Waals surface area contributed by atoms with Gasteiger partial charge in [0.2, 0.25) is 0 Å². The molecule has 8 heteroatoms. The Morgan fingerprint density at radius 2 is 1.85 bits per heavy atom. The molecule has 0 heterocycles. The minimum atomic E-state index is -0.945. The number of nitrogens with one attached hydrogen (secondary N) is 1. The lowest BCUT2D eigenvalue weighted by atomic mass is 10.1. The zero-order valence-corrected chi connectivity index (χ0v) is 16.0. The lowest BCUT2D eigenvalue weighted by Gasteiger charge is -2.15. The third-order valence-corrected chi connectivity index (χ3v) is 4.08. The van der Waals surface area contributed by atoms with Gasteiger partial charge in [-0.2, -0.15) is 5.10 Å². The summed E-state index contributed by atoms with van der Waals surface area (Å²) in [6, 6.07) is 13.7. The van der Waals surface area contributed by atoms with Gasteiger partial charge in [-0.3, -0.25) is 9.59 Å². The summed E-state index contributed by atoms with van der Waals surface area (Å²) < 4.78 is 5.53. The predicted molar refractivity (Wildman–Crippen MR) is 105 cm³/mol. The standard InChI is InChI=1S/C19H18Cl2N2O4/c1-12(27-17-9-7-14(20)11-15(17)21)19(26)23-22-16(8-10-18(24)25)13-5-3-2-4-6-13/h2-7,9,11-12H,8,10H2,1H3,(H,23,26)(H,24,25). The molecule has 2 aromatic rings. The number of amides is 1. The Balaban J connectivity index is 2.06. The monoisotopic (exact) mass is 408 g/mol. The van der Waals surface area contributed by atoms with Crippen molar-refractivity contribution in [2.75, 3.05) is 0 Å². The van der Waals surface area contributed by atoms with Crippen LogP contribution in [0.1, 0.15) is 25.3 Å². The molecule has 0 saturated carbocycles. The summed E-state index contributed by atoms with van der Waals surface area (Å²) >= 11 is 11.9. The average Bonchev–Trinajstić information content (AvgIpc) is 2.64. The second kappa shape index (κ2) is 9.94. The Morgan fingerprint density at radius 1 is 1.15 bits per heavy atom. The number of hydrogen-bond donors (Lipinski definition) is 2. The van der Waals surface area contributed by atoms with E-state index in [4.69, 9.17) is 33.0 Å². The summed E-state index contributed by atoms with van der Waals surface area (Å²) in [6.45, 7) is 1.55. The Labute approximate surface area is 166 Å². The number of rotatable bonds is 8. The lowest BCUT2D eigenvalue weighted by molar-refractivity contribution is -0.136. The minimum absolute atomic E-state index is 0.101. The maximum Gasteiger partial charge on any atom is 0.303 e. The molecule has 0 radical (unpaired) electrons. The van der Waals surface area contributed by atoms with E-state index in [1.54, 1.807) is 31.2 Å². The number of aliphatic carboxylic acids is 1. The number of benzene rings is 2. The van der Waals surface area contributed by atoms with Gasteiger partial charge in [0, 0.05) is 11.4 Å². The molecule has 2 aromatic carbocycles. The molecule has 0 fully saturated rings. The van der Waals surface area contributed by atoms with Gasteiger partial charge in [0.25, 0.3) is 5.91 Å². The first-order valence-corrected chi connectivity index (χ1v) is 8.87. The van der Waals surface area contributed by atoms with Gasteiger partial charge in [0.15, 0.2) is 6.10 Å². The van der Waals surface area contributed by atoms with E-state index >= 15 is 0 Å². The van der Waals surface area contributed by atoms with E-state index in [1.807, 2.05) is 18.2 Å². The van der Waals surface area contributed by atoms with Crippen LogP contribution < -0.4 is 10.2 Å². The smallest absolute Gasteiger partial charge is 0.303 e. The van der Waals surface area contributed by atoms with E-state index in [-0.39, 0.29) is 17.9 Å². The molecule has 0 bridgehead atoms. The van der Waals surface area contributed by atoms with Crippen molar-refractivity contribution in [1.29, 1.82) is 0 Å². The first kappa shape index (κ1) is 20.7. The predicted octanol–water partition coefficient (Wildman–Crippen LogP) is 4.15. The summed E-state index contributed by atoms with van der Waals surface area (Å²) in [5.41, 5.74) is 3.61. The fourth-order valence-corrected chi connectivity index (χ4v) is 2.60. The van der Waals surface area contributed by atoms with Crippen molar-refractivity contribution in [2.24, 2.45) is 5.10 Å². The number of carboxylic acids is 1. The van der Waals surface area contributed by atoms with Crippen LogP contribution in [0.4, 0.5) is 0 Å². The van der Waals surface area contributed by atoms with Crippen molar-refractivity contribution in [3.8, 4) is 5.75 Å². The highest BCUT2D eigenvalue weighted by atomic mass is 35.5. The van der Waals surface area contributed by atoms with E-state index in [9.17, 15) is 9.59 Å². The summed E-state index contributed by atoms with van der Waals surface area (Å²) in [5, 5.41) is 13.7. The van der Waals surface area contributed by atoms with Crippen LogP contribution in [0.2, 0.25) is 10.0 Å². The topological polar surface area (TPSA) is 88.0 Å². The van der Waals surface area contributed by atoms with E-state index in [1.165, 1.54) is 6.07 Å². The maximum absolute atomic E-state index is 12.3. The largest absolute Gasteiger partial charge is 0.481 e. The molecule has 1 unspecified atom stereocenters. The molecule has 0 saturated heterocycles. The zero-order chi connectivity index (χ0) is 19.8. The van der Waals surface area contributed by atoms with Crippen LogP contribution >= 0.6 is 23.2 Å². The third-order valence-electron chi connectivity index (χ3n) is 3.55. The number of halogens is 2. The van der Waals surface area contributed by atoms with Crippen LogP contribution in [0.15, 0.2) is 53.6 Å². The highest BCUT2D eigenvalue weighted by Crippen LogP contribution is 2.28. The van der Waals surface area contributed by atoms with Crippen LogP contribution in [0.25, 0.3) is 0 Å². The number of carboxylic acid groups (broad SMARTS) is 1. The Bertz CT molecular complexity index is 841. The molecule has 0 spiro atoms. The van der Waals surface area contributed by atoms with Gasteiger partial charge >= 0.3 is 5.97 Å². The van der Waals surface area contributed by atoms with Crippen LogP contribution in [-0.2, 0) is 9.59 Å². The minimum Gasteiger partial charge on any atom is -0.481 e. The van der Waals surface area contributed by atoms with E-state index in [0.29, 0.717) is 16.5 Å². The van der Waals surface area contributed by atoms with Crippen molar-refractivity contribution < 1.29 is 19.4 Å². The molecule has 27 heavy (non-hydrogen) atoms. The van der Waals surface area contributed by atoms with E-state index < -0.39 is 18.0 Å². The quantitative estimate of drug-likeness (QED) is 0.507. The fourth-order valence-electron chi connectivity index (χ4n) is 2.15. The van der Waals surface area contributed by atoms with E-state index in [0.717, 1.165) is 5.56 Å². The average molecular weight is 409 g/mol. The van der Waals surface area contributed by atoms with Crippen molar-refractivity contribution in [1.82, 2.24) is 5.43 Å². The summed E-state index contributed by atoms with van der Waals surface area (Å²) in [7, 11) is 0. The van der Waals surface area contributed by atoms with Crippen LogP contribution in [-0.4, -0.2) is 28.8 Å². The first-order chi connectivity index (χ1) is 12.9. The van der Waals surface area contributed by atoms with Crippen molar-refractivity contribution >= 4 is 40.8 Å². The number of carbonyl (C=O) groups excluding carboxylic acids is 1. The Hall–Kier alpha value is -2.57. The molecule has 0 aliphatic rings. The molecule has 0 aliphatic heterocycles. The van der Waals surface area contributed by atoms with E-state index in [2.05, 4.69) is 10.5 Å². The molecular weight excluding hydrogens is 391 g/mol. The first-order valence-electron chi connectivity index (χ1n) is 8.12. The molecule has 2 rings (SSSR count). The number of ether oxygens (including phenoxy) is 1. The van der Waals surface area contributed by atoms with Gasteiger partial charge < -0.3 is 9.84 Å². The summed E-state index contributed by atoms with van der Waals surface area (Å²) in [4.78, 5) is 23.1. The van der Waals surface area contributed by atoms with Gasteiger partial charge in [0.1, 0.15) is 5.75 Å². The molecule has 6 nitrogen and oxygen atoms in total. The maximum atomic E-state index is 12.3. The second-order valence-electron chi connectivity index (χ2n) is 5.63. The summed E-state index contributed by atoms with van der Waals surface area (Å²) in [5.74, 6) is -1.12. The Morgan fingerprint density at radius 3 is 2.48 bits per heavy atom. The summed E-state index contributed by atoms with van der Waals surface area (Å²) in [6.07, 6.45) is -0.794. The number of hydrogen-bond acceptors (Lipinski definition) is 4.